The number of phenolic OH excluding ortho intramolecular Hbond substituents is 1. The monoisotopic (exact) mass is 495 g/mol. The number of benzene rings is 2. The molecule has 2 aromatic carbocycles. The summed E-state index contributed by atoms with van der Waals surface area (Å²) in [7, 11) is 1.73. The predicted molar refractivity (Wildman–Crippen MR) is 125 cm³/mol. The number of aliphatic hydroxyl groups is 1. The zero-order valence-electron chi connectivity index (χ0n) is 16.3. The highest BCUT2D eigenvalue weighted by Crippen LogP contribution is 2.30. The first-order chi connectivity index (χ1) is 13.2. The number of aliphatic imine (C=N–C) groups is 1. The molecule has 0 saturated carbocycles. The fourth-order valence-electron chi connectivity index (χ4n) is 3.71. The van der Waals surface area contributed by atoms with Gasteiger partial charge in [0.05, 0.1) is 6.61 Å². The molecule has 1 unspecified atom stereocenters. The van der Waals surface area contributed by atoms with Gasteiger partial charge in [-0.3, -0.25) is 4.99 Å². The van der Waals surface area contributed by atoms with Gasteiger partial charge >= 0.3 is 0 Å². The first-order valence-electron chi connectivity index (χ1n) is 9.65. The number of nitrogens with one attached hydrogen (secondary N) is 2. The molecule has 0 spiro atoms. The van der Waals surface area contributed by atoms with Crippen LogP contribution in [0.15, 0.2) is 47.5 Å². The molecule has 0 fully saturated rings. The molecule has 0 saturated heterocycles. The van der Waals surface area contributed by atoms with E-state index in [4.69, 9.17) is 0 Å². The lowest BCUT2D eigenvalue weighted by atomic mass is 9.88. The number of aromatic hydroxyl groups is 1. The zero-order chi connectivity index (χ0) is 19.1. The van der Waals surface area contributed by atoms with Crippen molar-refractivity contribution in [3.8, 4) is 5.75 Å². The molecule has 1 aliphatic carbocycles. The summed E-state index contributed by atoms with van der Waals surface area (Å²) in [5.74, 6) is 1.01. The van der Waals surface area contributed by atoms with Crippen LogP contribution in [0.4, 0.5) is 0 Å². The van der Waals surface area contributed by atoms with Gasteiger partial charge < -0.3 is 20.8 Å². The molecule has 0 radical (unpaired) electrons. The van der Waals surface area contributed by atoms with Crippen molar-refractivity contribution in [2.75, 3.05) is 20.2 Å². The van der Waals surface area contributed by atoms with E-state index < -0.39 is 0 Å². The summed E-state index contributed by atoms with van der Waals surface area (Å²) in [5.41, 5.74) is 4.69. The third-order valence-corrected chi connectivity index (χ3v) is 5.29. The van der Waals surface area contributed by atoms with Crippen LogP contribution in [-0.4, -0.2) is 36.4 Å². The molecule has 6 heteroatoms. The molecule has 1 aliphatic rings. The molecule has 28 heavy (non-hydrogen) atoms. The molecule has 0 bridgehead atoms. The lowest BCUT2D eigenvalue weighted by Gasteiger charge is -2.22. The number of aliphatic hydroxyl groups excluding tert-OH is 1. The molecule has 152 valence electrons. The number of hydrogen-bond acceptors (Lipinski definition) is 3. The summed E-state index contributed by atoms with van der Waals surface area (Å²) < 4.78 is 0. The lowest BCUT2D eigenvalue weighted by molar-refractivity contribution is 0.265. The van der Waals surface area contributed by atoms with E-state index in [1.807, 2.05) is 36.4 Å². The third-order valence-electron chi connectivity index (χ3n) is 5.29. The van der Waals surface area contributed by atoms with Crippen LogP contribution in [-0.2, 0) is 19.4 Å². The SMILES string of the molecule is CN=C(NCc1c(O)ccc2c1CCCC2)NCC(CO)c1ccccc1.I. The number of rotatable bonds is 6. The summed E-state index contributed by atoms with van der Waals surface area (Å²) >= 11 is 0. The normalized spacial score (nSPS) is 14.6. The van der Waals surface area contributed by atoms with Crippen LogP contribution in [0, 0.1) is 0 Å². The Morgan fingerprint density at radius 2 is 1.82 bits per heavy atom. The Balaban J connectivity index is 0.00000280. The van der Waals surface area contributed by atoms with Crippen LogP contribution in [0.1, 0.15) is 41.0 Å². The van der Waals surface area contributed by atoms with Crippen molar-refractivity contribution >= 4 is 29.9 Å². The van der Waals surface area contributed by atoms with Crippen molar-refractivity contribution in [1.29, 1.82) is 0 Å². The van der Waals surface area contributed by atoms with Crippen LogP contribution >= 0.6 is 24.0 Å². The minimum atomic E-state index is 0. The molecule has 0 aromatic heterocycles. The summed E-state index contributed by atoms with van der Waals surface area (Å²) in [6.45, 7) is 1.18. The second-order valence-electron chi connectivity index (χ2n) is 7.00. The van der Waals surface area contributed by atoms with Crippen molar-refractivity contribution in [3.05, 3.63) is 64.7 Å². The van der Waals surface area contributed by atoms with Crippen molar-refractivity contribution < 1.29 is 10.2 Å². The Kier molecular flexibility index (Phi) is 9.05. The van der Waals surface area contributed by atoms with E-state index in [2.05, 4.69) is 15.6 Å². The van der Waals surface area contributed by atoms with E-state index in [0.29, 0.717) is 24.8 Å². The van der Waals surface area contributed by atoms with Gasteiger partial charge in [0, 0.05) is 31.6 Å². The minimum Gasteiger partial charge on any atom is -0.508 e. The Hall–Kier alpha value is -1.80. The maximum absolute atomic E-state index is 10.3. The fraction of sp³-hybridized carbons (Fsp3) is 0.409. The standard InChI is InChI=1S/C22H29N3O2.HI/c1-23-22(24-13-18(15-26)16-7-3-2-4-8-16)25-14-20-19-10-6-5-9-17(19)11-12-21(20)27;/h2-4,7-8,11-12,18,26-27H,5-6,9-10,13-15H2,1H3,(H2,23,24,25);1H. The first kappa shape index (κ1) is 22.5. The van der Waals surface area contributed by atoms with Gasteiger partial charge in [0.15, 0.2) is 5.96 Å². The van der Waals surface area contributed by atoms with E-state index in [9.17, 15) is 10.2 Å². The number of nitrogens with zero attached hydrogens (tertiary/aromatic N) is 1. The number of halogens is 1. The number of aryl methyl sites for hydroxylation is 1. The smallest absolute Gasteiger partial charge is 0.191 e. The van der Waals surface area contributed by atoms with E-state index >= 15 is 0 Å². The van der Waals surface area contributed by atoms with Gasteiger partial charge in [-0.05, 0) is 48.4 Å². The van der Waals surface area contributed by atoms with Gasteiger partial charge in [0.25, 0.3) is 0 Å². The van der Waals surface area contributed by atoms with Crippen LogP contribution in [0.5, 0.6) is 5.75 Å². The van der Waals surface area contributed by atoms with E-state index in [1.165, 1.54) is 24.0 Å². The lowest BCUT2D eigenvalue weighted by Crippen LogP contribution is -2.39. The largest absolute Gasteiger partial charge is 0.508 e. The van der Waals surface area contributed by atoms with E-state index in [0.717, 1.165) is 24.0 Å². The fourth-order valence-corrected chi connectivity index (χ4v) is 3.71. The topological polar surface area (TPSA) is 76.9 Å². The first-order valence-corrected chi connectivity index (χ1v) is 9.65. The van der Waals surface area contributed by atoms with Gasteiger partial charge in [0.2, 0.25) is 0 Å². The molecule has 0 heterocycles. The van der Waals surface area contributed by atoms with Gasteiger partial charge in [-0.25, -0.2) is 0 Å². The van der Waals surface area contributed by atoms with Gasteiger partial charge in [-0.15, -0.1) is 24.0 Å². The van der Waals surface area contributed by atoms with Crippen molar-refractivity contribution in [3.63, 3.8) is 0 Å². The second kappa shape index (κ2) is 11.3. The highest BCUT2D eigenvalue weighted by Gasteiger charge is 2.17. The number of hydrogen-bond donors (Lipinski definition) is 4. The minimum absolute atomic E-state index is 0. The molecule has 3 rings (SSSR count). The molecule has 4 N–H and O–H groups in total. The summed E-state index contributed by atoms with van der Waals surface area (Å²) in [6, 6.07) is 13.8. The summed E-state index contributed by atoms with van der Waals surface area (Å²) in [4.78, 5) is 4.28. The van der Waals surface area contributed by atoms with Crippen LogP contribution < -0.4 is 10.6 Å². The van der Waals surface area contributed by atoms with Crippen LogP contribution in [0.3, 0.4) is 0 Å². The Labute approximate surface area is 184 Å². The maximum Gasteiger partial charge on any atom is 0.191 e. The average Bonchev–Trinajstić information content (AvgIpc) is 2.72. The third kappa shape index (κ3) is 5.61. The Bertz CT molecular complexity index is 781. The van der Waals surface area contributed by atoms with Crippen molar-refractivity contribution in [1.82, 2.24) is 10.6 Å². The van der Waals surface area contributed by atoms with Crippen molar-refractivity contribution in [2.24, 2.45) is 4.99 Å². The number of fused-ring (bicyclic) bond motifs is 1. The molecular formula is C22H30IN3O2. The van der Waals surface area contributed by atoms with E-state index in [-0.39, 0.29) is 36.5 Å². The molecule has 0 amide bonds. The van der Waals surface area contributed by atoms with Crippen LogP contribution in [0.25, 0.3) is 0 Å². The predicted octanol–water partition coefficient (Wildman–Crippen LogP) is 3.33. The Morgan fingerprint density at radius 1 is 1.07 bits per heavy atom. The highest BCUT2D eigenvalue weighted by molar-refractivity contribution is 14.0. The van der Waals surface area contributed by atoms with Crippen LogP contribution in [0.2, 0.25) is 0 Å². The second-order valence-corrected chi connectivity index (χ2v) is 7.00. The Morgan fingerprint density at radius 3 is 2.54 bits per heavy atom. The number of phenols is 1. The number of guanidine groups is 1. The maximum atomic E-state index is 10.3. The molecule has 5 nitrogen and oxygen atoms in total. The molecule has 0 aliphatic heterocycles. The van der Waals surface area contributed by atoms with Gasteiger partial charge in [-0.2, -0.15) is 0 Å². The van der Waals surface area contributed by atoms with Gasteiger partial charge in [0.1, 0.15) is 5.75 Å². The summed E-state index contributed by atoms with van der Waals surface area (Å²) in [6.07, 6.45) is 4.50. The molecule has 2 aromatic rings. The van der Waals surface area contributed by atoms with Crippen molar-refractivity contribution in [2.45, 2.75) is 38.1 Å². The van der Waals surface area contributed by atoms with Gasteiger partial charge in [-0.1, -0.05) is 36.4 Å². The molecule has 1 atom stereocenters. The highest BCUT2D eigenvalue weighted by atomic mass is 127. The molecular weight excluding hydrogens is 465 g/mol. The average molecular weight is 495 g/mol. The zero-order valence-corrected chi connectivity index (χ0v) is 18.6. The van der Waals surface area contributed by atoms with E-state index in [1.54, 1.807) is 13.1 Å². The quantitative estimate of drug-likeness (QED) is 0.282. The summed E-state index contributed by atoms with van der Waals surface area (Å²) in [5, 5.41) is 26.6.